The van der Waals surface area contributed by atoms with Gasteiger partial charge in [0.15, 0.2) is 0 Å². The predicted octanol–water partition coefficient (Wildman–Crippen LogP) is 2.74. The van der Waals surface area contributed by atoms with E-state index in [2.05, 4.69) is 0 Å². The Morgan fingerprint density at radius 3 is 2.17 bits per heavy atom. The van der Waals surface area contributed by atoms with E-state index in [1.54, 1.807) is 39.0 Å². The van der Waals surface area contributed by atoms with Gasteiger partial charge in [-0.15, -0.1) is 0 Å². The quantitative estimate of drug-likeness (QED) is 0.660. The molecule has 0 bridgehead atoms. The molecule has 0 aliphatic carbocycles. The molecule has 0 fully saturated rings. The molecule has 1 aromatic rings. The van der Waals surface area contributed by atoms with Crippen LogP contribution in [-0.4, -0.2) is 22.6 Å². The van der Waals surface area contributed by atoms with Crippen molar-refractivity contribution in [2.24, 2.45) is 0 Å². The van der Waals surface area contributed by atoms with E-state index < -0.39 is 17.5 Å². The number of rotatable bonds is 3. The minimum absolute atomic E-state index is 0.212. The maximum atomic E-state index is 11.4. The maximum Gasteiger partial charge on any atom is 0.335 e. The number of hydrogen-bond donors (Lipinski definition) is 1. The smallest absolute Gasteiger partial charge is 0.335 e. The molecule has 0 aromatic heterocycles. The highest BCUT2D eigenvalue weighted by Crippen LogP contribution is 2.09. The Kier molecular flexibility index (Phi) is 4.26. The third-order valence-corrected chi connectivity index (χ3v) is 1.98. The standard InChI is InChI=1S/C14H16O4/c1-14(2,3)18-12(15)9-6-10-4-7-11(8-5-10)13(16)17/h4-9H,1-3H3,(H,16,17). The summed E-state index contributed by atoms with van der Waals surface area (Å²) in [6, 6.07) is 6.23. The Bertz CT molecular complexity index is 464. The highest BCUT2D eigenvalue weighted by molar-refractivity contribution is 5.89. The molecule has 0 saturated heterocycles. The molecule has 18 heavy (non-hydrogen) atoms. The fourth-order valence-corrected chi connectivity index (χ4v) is 1.24. The average Bonchev–Trinajstić information content (AvgIpc) is 2.24. The molecule has 0 atom stereocenters. The summed E-state index contributed by atoms with van der Waals surface area (Å²) in [6.07, 6.45) is 2.90. The predicted molar refractivity (Wildman–Crippen MR) is 68.3 cm³/mol. The first kappa shape index (κ1) is 14.0. The van der Waals surface area contributed by atoms with E-state index in [0.717, 1.165) is 5.56 Å². The summed E-state index contributed by atoms with van der Waals surface area (Å²) in [5, 5.41) is 8.73. The van der Waals surface area contributed by atoms with Gasteiger partial charge in [-0.2, -0.15) is 0 Å². The molecule has 0 spiro atoms. The van der Waals surface area contributed by atoms with Crippen LogP contribution in [-0.2, 0) is 9.53 Å². The van der Waals surface area contributed by atoms with E-state index in [9.17, 15) is 9.59 Å². The zero-order valence-corrected chi connectivity index (χ0v) is 10.6. The maximum absolute atomic E-state index is 11.4. The zero-order valence-electron chi connectivity index (χ0n) is 10.6. The number of carboxylic acids is 1. The summed E-state index contributed by atoms with van der Waals surface area (Å²) in [5.41, 5.74) is 0.435. The molecule has 0 radical (unpaired) electrons. The molecule has 4 heteroatoms. The van der Waals surface area contributed by atoms with E-state index in [0.29, 0.717) is 0 Å². The van der Waals surface area contributed by atoms with Crippen LogP contribution in [0.1, 0.15) is 36.7 Å². The molecule has 1 N–H and O–H groups in total. The second kappa shape index (κ2) is 5.49. The van der Waals surface area contributed by atoms with Crippen molar-refractivity contribution in [3.05, 3.63) is 41.5 Å². The lowest BCUT2D eigenvalue weighted by Gasteiger charge is -2.17. The number of carbonyl (C=O) groups is 2. The zero-order chi connectivity index (χ0) is 13.8. The summed E-state index contributed by atoms with van der Waals surface area (Å²) in [6.45, 7) is 5.38. The normalized spacial score (nSPS) is 11.5. The lowest BCUT2D eigenvalue weighted by Crippen LogP contribution is -2.22. The largest absolute Gasteiger partial charge is 0.478 e. The van der Waals surface area contributed by atoms with Gasteiger partial charge >= 0.3 is 11.9 Å². The summed E-state index contributed by atoms with van der Waals surface area (Å²) in [5.74, 6) is -1.40. The van der Waals surface area contributed by atoms with Gasteiger partial charge in [0, 0.05) is 6.08 Å². The molecule has 0 aliphatic rings. The van der Waals surface area contributed by atoms with Gasteiger partial charge in [0.2, 0.25) is 0 Å². The monoisotopic (exact) mass is 248 g/mol. The molecule has 0 saturated carbocycles. The number of hydrogen-bond acceptors (Lipinski definition) is 3. The fourth-order valence-electron chi connectivity index (χ4n) is 1.24. The molecule has 0 aliphatic heterocycles. The van der Waals surface area contributed by atoms with Crippen molar-refractivity contribution in [2.75, 3.05) is 0 Å². The number of carboxylic acid groups (broad SMARTS) is 1. The molecule has 0 amide bonds. The molecule has 0 heterocycles. The SMILES string of the molecule is CC(C)(C)OC(=O)C=Cc1ccc(C(=O)O)cc1. The molecule has 1 aromatic carbocycles. The highest BCUT2D eigenvalue weighted by Gasteiger charge is 2.13. The van der Waals surface area contributed by atoms with Crippen LogP contribution in [0.15, 0.2) is 30.3 Å². The minimum atomic E-state index is -0.974. The van der Waals surface area contributed by atoms with Crippen molar-refractivity contribution in [2.45, 2.75) is 26.4 Å². The molecule has 1 rings (SSSR count). The number of benzene rings is 1. The van der Waals surface area contributed by atoms with Gasteiger partial charge < -0.3 is 9.84 Å². The number of carbonyl (C=O) groups excluding carboxylic acids is 1. The second-order valence-corrected chi connectivity index (χ2v) is 4.79. The molecular formula is C14H16O4. The van der Waals surface area contributed by atoms with Crippen LogP contribution < -0.4 is 0 Å². The molecule has 96 valence electrons. The Labute approximate surface area is 106 Å². The van der Waals surface area contributed by atoms with Gasteiger partial charge in [0.25, 0.3) is 0 Å². The molecule has 4 nitrogen and oxygen atoms in total. The van der Waals surface area contributed by atoms with Crippen molar-refractivity contribution in [3.63, 3.8) is 0 Å². The van der Waals surface area contributed by atoms with Crippen LogP contribution in [0.3, 0.4) is 0 Å². The van der Waals surface area contributed by atoms with Gasteiger partial charge in [-0.05, 0) is 44.5 Å². The minimum Gasteiger partial charge on any atom is -0.478 e. The Balaban J connectivity index is 2.67. The van der Waals surface area contributed by atoms with Gasteiger partial charge in [0.05, 0.1) is 5.56 Å². The lowest BCUT2D eigenvalue weighted by molar-refractivity contribution is -0.148. The van der Waals surface area contributed by atoms with Crippen LogP contribution in [0.25, 0.3) is 6.08 Å². The molecule has 0 unspecified atom stereocenters. The van der Waals surface area contributed by atoms with E-state index in [4.69, 9.17) is 9.84 Å². The van der Waals surface area contributed by atoms with Crippen molar-refractivity contribution in [3.8, 4) is 0 Å². The Morgan fingerprint density at radius 2 is 1.72 bits per heavy atom. The first-order chi connectivity index (χ1) is 8.28. The van der Waals surface area contributed by atoms with E-state index >= 15 is 0 Å². The van der Waals surface area contributed by atoms with Crippen molar-refractivity contribution >= 4 is 18.0 Å². The number of ether oxygens (including phenoxy) is 1. The van der Waals surface area contributed by atoms with Crippen molar-refractivity contribution in [1.29, 1.82) is 0 Å². The van der Waals surface area contributed by atoms with Crippen LogP contribution in [0, 0.1) is 0 Å². The number of aromatic carboxylic acids is 1. The van der Waals surface area contributed by atoms with E-state index in [1.165, 1.54) is 18.2 Å². The third-order valence-electron chi connectivity index (χ3n) is 1.98. The van der Waals surface area contributed by atoms with Gasteiger partial charge in [-0.1, -0.05) is 12.1 Å². The van der Waals surface area contributed by atoms with Crippen molar-refractivity contribution in [1.82, 2.24) is 0 Å². The number of esters is 1. The van der Waals surface area contributed by atoms with Gasteiger partial charge in [-0.3, -0.25) is 0 Å². The lowest BCUT2D eigenvalue weighted by atomic mass is 10.1. The van der Waals surface area contributed by atoms with Gasteiger partial charge in [0.1, 0.15) is 5.60 Å². The summed E-state index contributed by atoms with van der Waals surface area (Å²) < 4.78 is 5.10. The van der Waals surface area contributed by atoms with Crippen LogP contribution in [0.5, 0.6) is 0 Å². The fraction of sp³-hybridized carbons (Fsp3) is 0.286. The third kappa shape index (κ3) is 4.82. The summed E-state index contributed by atoms with van der Waals surface area (Å²) >= 11 is 0. The second-order valence-electron chi connectivity index (χ2n) is 4.79. The van der Waals surface area contributed by atoms with Crippen LogP contribution in [0.2, 0.25) is 0 Å². The summed E-state index contributed by atoms with van der Waals surface area (Å²) in [4.78, 5) is 22.0. The van der Waals surface area contributed by atoms with Crippen LogP contribution >= 0.6 is 0 Å². The first-order valence-corrected chi connectivity index (χ1v) is 5.52. The van der Waals surface area contributed by atoms with Crippen molar-refractivity contribution < 1.29 is 19.4 Å². The first-order valence-electron chi connectivity index (χ1n) is 5.52. The van der Waals surface area contributed by atoms with E-state index in [-0.39, 0.29) is 5.56 Å². The molecular weight excluding hydrogens is 232 g/mol. The topological polar surface area (TPSA) is 63.6 Å². The highest BCUT2D eigenvalue weighted by atomic mass is 16.6. The Hall–Kier alpha value is -2.10. The summed E-state index contributed by atoms with van der Waals surface area (Å²) in [7, 11) is 0. The van der Waals surface area contributed by atoms with Crippen LogP contribution in [0.4, 0.5) is 0 Å². The Morgan fingerprint density at radius 1 is 1.17 bits per heavy atom. The van der Waals surface area contributed by atoms with E-state index in [1.807, 2.05) is 0 Å². The average molecular weight is 248 g/mol. The van der Waals surface area contributed by atoms with Gasteiger partial charge in [-0.25, -0.2) is 9.59 Å².